The van der Waals surface area contributed by atoms with Crippen LogP contribution in [0, 0.1) is 11.3 Å². The minimum Gasteiger partial charge on any atom is -0.480 e. The fourth-order valence-electron chi connectivity index (χ4n) is 2.20. The molecule has 0 saturated heterocycles. The molecule has 0 aliphatic carbocycles. The first-order valence-electron chi connectivity index (χ1n) is 6.88. The second-order valence-corrected chi connectivity index (χ2v) is 5.71. The summed E-state index contributed by atoms with van der Waals surface area (Å²) in [5.41, 5.74) is 2.27. The van der Waals surface area contributed by atoms with Crippen LogP contribution in [0.1, 0.15) is 22.9 Å². The molecule has 23 heavy (non-hydrogen) atoms. The summed E-state index contributed by atoms with van der Waals surface area (Å²) >= 11 is 3.37. The van der Waals surface area contributed by atoms with Gasteiger partial charge in [-0.25, -0.2) is 4.98 Å². The van der Waals surface area contributed by atoms with E-state index >= 15 is 0 Å². The highest BCUT2D eigenvalue weighted by molar-refractivity contribution is 9.10. The first-order valence-corrected chi connectivity index (χ1v) is 7.68. The molecule has 1 unspecified atom stereocenters. The van der Waals surface area contributed by atoms with Crippen molar-refractivity contribution in [3.05, 3.63) is 57.7 Å². The average molecular weight is 373 g/mol. The molecule has 116 valence electrons. The van der Waals surface area contributed by atoms with Crippen molar-refractivity contribution in [1.82, 2.24) is 10.3 Å². The third-order valence-electron chi connectivity index (χ3n) is 3.40. The lowest BCUT2D eigenvalue weighted by Gasteiger charge is -2.24. The first kappa shape index (κ1) is 15.3. The van der Waals surface area contributed by atoms with Crippen LogP contribution in [0.5, 0.6) is 5.88 Å². The molecule has 6 nitrogen and oxygen atoms in total. The molecule has 2 heterocycles. The highest BCUT2D eigenvalue weighted by atomic mass is 79.9. The monoisotopic (exact) mass is 372 g/mol. The van der Waals surface area contributed by atoms with E-state index in [1.807, 2.05) is 24.3 Å². The Morgan fingerprint density at radius 3 is 2.78 bits per heavy atom. The molecule has 3 rings (SSSR count). The van der Waals surface area contributed by atoms with Crippen LogP contribution in [-0.2, 0) is 4.84 Å². The molecule has 1 aliphatic rings. The molecule has 1 aromatic carbocycles. The number of aromatic nitrogens is 1. The van der Waals surface area contributed by atoms with Crippen molar-refractivity contribution in [2.45, 2.75) is 6.04 Å². The number of amidine groups is 1. The zero-order chi connectivity index (χ0) is 16.2. The fraction of sp³-hybridized carbons (Fsp3) is 0.188. The average Bonchev–Trinajstić information content (AvgIpc) is 2.62. The third-order valence-corrected chi connectivity index (χ3v) is 4.00. The number of benzene rings is 1. The van der Waals surface area contributed by atoms with Crippen LogP contribution in [-0.4, -0.2) is 24.5 Å². The van der Waals surface area contributed by atoms with Crippen molar-refractivity contribution in [3.63, 3.8) is 0 Å². The number of hydrogen-bond acceptors (Lipinski definition) is 6. The largest absolute Gasteiger partial charge is 0.480 e. The summed E-state index contributed by atoms with van der Waals surface area (Å²) in [6, 6.07) is 13.1. The molecular formula is C16H13BrN4O2. The summed E-state index contributed by atoms with van der Waals surface area (Å²) in [4.78, 5) is 9.72. The molecule has 1 aromatic heterocycles. The van der Waals surface area contributed by atoms with Crippen molar-refractivity contribution in [2.24, 2.45) is 5.16 Å². The Balaban J connectivity index is 1.82. The van der Waals surface area contributed by atoms with Gasteiger partial charge in [-0.1, -0.05) is 17.3 Å². The molecule has 0 fully saturated rings. The number of halogens is 1. The van der Waals surface area contributed by atoms with E-state index in [1.165, 1.54) is 0 Å². The molecule has 0 bridgehead atoms. The minimum absolute atomic E-state index is 0.0633. The number of nitrogens with zero attached hydrogens (tertiary/aromatic N) is 3. The maximum absolute atomic E-state index is 8.87. The van der Waals surface area contributed by atoms with Crippen LogP contribution in [0.15, 0.2) is 46.0 Å². The summed E-state index contributed by atoms with van der Waals surface area (Å²) in [6.45, 7) is 0.406. The second kappa shape index (κ2) is 6.67. The lowest BCUT2D eigenvalue weighted by molar-refractivity contribution is 0.109. The normalized spacial score (nSPS) is 16.6. The van der Waals surface area contributed by atoms with Gasteiger partial charge in [-0.05, 0) is 45.8 Å². The summed E-state index contributed by atoms with van der Waals surface area (Å²) in [6.07, 6.45) is 0. The number of hydrogen-bond donors (Lipinski definition) is 1. The highest BCUT2D eigenvalue weighted by Gasteiger charge is 2.21. The van der Waals surface area contributed by atoms with E-state index in [1.54, 1.807) is 19.2 Å². The Hall–Kier alpha value is -2.59. The molecule has 0 saturated carbocycles. The van der Waals surface area contributed by atoms with E-state index < -0.39 is 0 Å². The molecule has 1 N–H and O–H groups in total. The molecule has 1 aliphatic heterocycles. The minimum atomic E-state index is -0.0633. The predicted octanol–water partition coefficient (Wildman–Crippen LogP) is 2.75. The van der Waals surface area contributed by atoms with Gasteiger partial charge in [0, 0.05) is 0 Å². The molecule has 1 atom stereocenters. The van der Waals surface area contributed by atoms with Crippen molar-refractivity contribution in [2.75, 3.05) is 13.7 Å². The first-order chi connectivity index (χ1) is 11.2. The van der Waals surface area contributed by atoms with Crippen molar-refractivity contribution < 1.29 is 9.57 Å². The van der Waals surface area contributed by atoms with Gasteiger partial charge in [0.25, 0.3) is 0 Å². The predicted molar refractivity (Wildman–Crippen MR) is 88.0 cm³/mol. The van der Waals surface area contributed by atoms with Gasteiger partial charge in [0.05, 0.1) is 29.3 Å². The molecule has 2 aromatic rings. The van der Waals surface area contributed by atoms with Crippen molar-refractivity contribution in [1.29, 1.82) is 5.26 Å². The molecule has 0 amide bonds. The summed E-state index contributed by atoms with van der Waals surface area (Å²) in [5.74, 6) is 1.02. The highest BCUT2D eigenvalue weighted by Crippen LogP contribution is 2.23. The Labute approximate surface area is 141 Å². The Morgan fingerprint density at radius 1 is 1.30 bits per heavy atom. The van der Waals surface area contributed by atoms with E-state index in [2.05, 4.69) is 37.5 Å². The molecule has 7 heteroatoms. The topological polar surface area (TPSA) is 79.5 Å². The van der Waals surface area contributed by atoms with Crippen LogP contribution >= 0.6 is 15.9 Å². The molecule has 0 radical (unpaired) electrons. The third kappa shape index (κ3) is 3.27. The molecule has 0 spiro atoms. The summed E-state index contributed by atoms with van der Waals surface area (Å²) in [5, 5.41) is 16.2. The number of rotatable bonds is 3. The van der Waals surface area contributed by atoms with Crippen LogP contribution in [0.3, 0.4) is 0 Å². The quantitative estimate of drug-likeness (QED) is 0.895. The Bertz CT molecular complexity index is 784. The van der Waals surface area contributed by atoms with Crippen LogP contribution in [0.2, 0.25) is 0 Å². The Morgan fingerprint density at radius 2 is 2.09 bits per heavy atom. The van der Waals surface area contributed by atoms with E-state index in [0.717, 1.165) is 10.0 Å². The van der Waals surface area contributed by atoms with E-state index in [9.17, 15) is 0 Å². The molecular weight excluding hydrogens is 360 g/mol. The van der Waals surface area contributed by atoms with Crippen LogP contribution in [0.4, 0.5) is 0 Å². The van der Waals surface area contributed by atoms with Gasteiger partial charge in [0.1, 0.15) is 12.3 Å². The Kier molecular flexibility index (Phi) is 4.44. The van der Waals surface area contributed by atoms with Gasteiger partial charge >= 0.3 is 0 Å². The smallest absolute Gasteiger partial charge is 0.228 e. The lowest BCUT2D eigenvalue weighted by atomic mass is 10.1. The van der Waals surface area contributed by atoms with E-state index in [0.29, 0.717) is 29.6 Å². The van der Waals surface area contributed by atoms with Crippen LogP contribution < -0.4 is 10.1 Å². The standard InChI is InChI=1S/C16H13BrN4O2/c1-22-16-12(17)6-7-13(20-16)15-19-14(9-23-21-15)11-4-2-10(8-18)3-5-11/h2-7,14H,9H2,1H3,(H,19,21). The lowest BCUT2D eigenvalue weighted by Crippen LogP contribution is -2.36. The van der Waals surface area contributed by atoms with Crippen LogP contribution in [0.25, 0.3) is 0 Å². The summed E-state index contributed by atoms with van der Waals surface area (Å²) < 4.78 is 5.97. The van der Waals surface area contributed by atoms with Gasteiger partial charge in [0.2, 0.25) is 5.88 Å². The van der Waals surface area contributed by atoms with Crippen molar-refractivity contribution >= 4 is 21.8 Å². The summed E-state index contributed by atoms with van der Waals surface area (Å²) in [7, 11) is 1.56. The number of nitrogens with one attached hydrogen (secondary N) is 1. The van der Waals surface area contributed by atoms with Gasteiger partial charge in [0.15, 0.2) is 5.84 Å². The fourth-order valence-corrected chi connectivity index (χ4v) is 2.58. The van der Waals surface area contributed by atoms with E-state index in [4.69, 9.17) is 14.8 Å². The van der Waals surface area contributed by atoms with E-state index in [-0.39, 0.29) is 6.04 Å². The number of methoxy groups -OCH3 is 1. The maximum Gasteiger partial charge on any atom is 0.228 e. The van der Waals surface area contributed by atoms with Gasteiger partial charge in [-0.2, -0.15) is 5.26 Å². The van der Waals surface area contributed by atoms with Gasteiger partial charge < -0.3 is 14.9 Å². The maximum atomic E-state index is 8.87. The SMILES string of the molecule is COc1nc(C2=NOCC(c3ccc(C#N)cc3)N2)ccc1Br. The number of nitriles is 1. The zero-order valence-corrected chi connectivity index (χ0v) is 13.9. The number of oxime groups is 1. The second-order valence-electron chi connectivity index (χ2n) is 4.85. The van der Waals surface area contributed by atoms with Crippen molar-refractivity contribution in [3.8, 4) is 11.9 Å². The van der Waals surface area contributed by atoms with Gasteiger partial charge in [-0.15, -0.1) is 0 Å². The van der Waals surface area contributed by atoms with Gasteiger partial charge in [-0.3, -0.25) is 0 Å². The number of pyridine rings is 1. The zero-order valence-electron chi connectivity index (χ0n) is 12.3. The number of ether oxygens (including phenoxy) is 1.